The maximum Gasteiger partial charge on any atom is 0.408 e. The molecule has 3 atom stereocenters. The zero-order valence-electron chi connectivity index (χ0n) is 25.5. The summed E-state index contributed by atoms with van der Waals surface area (Å²) in [6.45, 7) is 0.0269. The Labute approximate surface area is 263 Å². The molecule has 1 saturated carbocycles. The summed E-state index contributed by atoms with van der Waals surface area (Å²) in [5.74, 6) is -2.08. The van der Waals surface area contributed by atoms with Crippen molar-refractivity contribution in [2.45, 2.75) is 75.8 Å². The highest BCUT2D eigenvalue weighted by molar-refractivity contribution is 5.86. The van der Waals surface area contributed by atoms with Crippen LogP contribution in [0.4, 0.5) is 4.79 Å². The van der Waals surface area contributed by atoms with Gasteiger partial charge in [0.2, 0.25) is 11.8 Å². The number of aliphatic hydroxyl groups is 1. The molecule has 0 radical (unpaired) electrons. The highest BCUT2D eigenvalue weighted by atomic mass is 16.6. The molecular weight excluding hydrogens is 578 g/mol. The second-order valence-corrected chi connectivity index (χ2v) is 11.6. The Balaban J connectivity index is 1.43. The zero-order chi connectivity index (χ0) is 31.9. The average molecular weight is 622 g/mol. The number of carbonyl (C=O) groups excluding carboxylic acids is 4. The van der Waals surface area contributed by atoms with Crippen molar-refractivity contribution in [3.63, 3.8) is 0 Å². The highest BCUT2D eigenvalue weighted by Crippen LogP contribution is 2.29. The number of nitrogens with one attached hydrogen (secondary N) is 3. The lowest BCUT2D eigenvalue weighted by molar-refractivity contribution is -0.148. The van der Waals surface area contributed by atoms with E-state index in [0.29, 0.717) is 12.8 Å². The molecule has 4 rings (SSSR count). The Bertz CT molecular complexity index is 1280. The van der Waals surface area contributed by atoms with E-state index in [1.54, 1.807) is 12.2 Å². The van der Waals surface area contributed by atoms with E-state index < -0.39 is 35.6 Å². The van der Waals surface area contributed by atoms with Gasteiger partial charge in [-0.25, -0.2) is 9.59 Å². The number of allylic oxidation sites excluding steroid dienone is 1. The van der Waals surface area contributed by atoms with Gasteiger partial charge in [0.15, 0.2) is 0 Å². The summed E-state index contributed by atoms with van der Waals surface area (Å²) in [6, 6.07) is 17.0. The molecule has 3 amide bonds. The second kappa shape index (κ2) is 17.3. The van der Waals surface area contributed by atoms with Crippen molar-refractivity contribution in [1.82, 2.24) is 16.0 Å². The lowest BCUT2D eigenvalue weighted by Gasteiger charge is -2.29. The number of cyclic esters (lactones) is 1. The molecule has 0 aromatic heterocycles. The maximum absolute atomic E-state index is 13.4. The van der Waals surface area contributed by atoms with Crippen LogP contribution < -0.4 is 16.0 Å². The van der Waals surface area contributed by atoms with Crippen LogP contribution in [0.1, 0.15) is 56.1 Å². The van der Waals surface area contributed by atoms with Gasteiger partial charge in [-0.15, -0.1) is 0 Å². The molecule has 45 heavy (non-hydrogen) atoms. The van der Waals surface area contributed by atoms with E-state index in [4.69, 9.17) is 14.2 Å². The number of amides is 3. The predicted octanol–water partition coefficient (Wildman–Crippen LogP) is 3.30. The van der Waals surface area contributed by atoms with Crippen molar-refractivity contribution >= 4 is 23.9 Å². The summed E-state index contributed by atoms with van der Waals surface area (Å²) in [5, 5.41) is 18.4. The van der Waals surface area contributed by atoms with Gasteiger partial charge < -0.3 is 35.3 Å². The molecule has 0 bridgehead atoms. The number of hydrogen-bond acceptors (Lipinski definition) is 8. The summed E-state index contributed by atoms with van der Waals surface area (Å²) in [7, 11) is 0. The fourth-order valence-electron chi connectivity index (χ4n) is 5.47. The molecule has 1 aliphatic heterocycles. The van der Waals surface area contributed by atoms with E-state index in [2.05, 4.69) is 16.0 Å². The van der Waals surface area contributed by atoms with Gasteiger partial charge >= 0.3 is 12.1 Å². The van der Waals surface area contributed by atoms with Gasteiger partial charge in [-0.05, 0) is 36.8 Å². The average Bonchev–Trinajstić information content (AvgIpc) is 3.52. The first-order valence-electron chi connectivity index (χ1n) is 15.5. The van der Waals surface area contributed by atoms with E-state index >= 15 is 0 Å². The third kappa shape index (κ3) is 11.0. The van der Waals surface area contributed by atoms with Crippen molar-refractivity contribution in [1.29, 1.82) is 0 Å². The van der Waals surface area contributed by atoms with Crippen LogP contribution in [0.5, 0.6) is 0 Å². The summed E-state index contributed by atoms with van der Waals surface area (Å²) in [4.78, 5) is 52.1. The fourth-order valence-corrected chi connectivity index (χ4v) is 5.47. The Morgan fingerprint density at radius 2 is 1.58 bits per heavy atom. The number of aliphatic hydroxyl groups excluding tert-OH is 1. The Morgan fingerprint density at radius 1 is 0.933 bits per heavy atom. The minimum Gasteiger partial charge on any atom is -0.462 e. The Kier molecular flexibility index (Phi) is 13.0. The molecule has 2 aliphatic rings. The molecule has 242 valence electrons. The summed E-state index contributed by atoms with van der Waals surface area (Å²) in [6.07, 6.45) is 6.11. The summed E-state index contributed by atoms with van der Waals surface area (Å²) >= 11 is 0. The number of ether oxygens (including phenoxy) is 3. The van der Waals surface area contributed by atoms with E-state index in [-0.39, 0.29) is 64.1 Å². The Hall–Kier alpha value is -4.22. The van der Waals surface area contributed by atoms with Crippen LogP contribution in [0.25, 0.3) is 0 Å². The molecule has 2 aromatic carbocycles. The largest absolute Gasteiger partial charge is 0.462 e. The number of alkyl carbamates (subject to hydrolysis) is 1. The van der Waals surface area contributed by atoms with Crippen LogP contribution in [0, 0.1) is 5.92 Å². The topological polar surface area (TPSA) is 152 Å². The molecule has 0 unspecified atom stereocenters. The minimum absolute atomic E-state index is 0.0401. The van der Waals surface area contributed by atoms with Crippen molar-refractivity contribution in [2.75, 3.05) is 19.8 Å². The zero-order valence-corrected chi connectivity index (χ0v) is 25.5. The standard InChI is InChI=1S/C34H43N3O8/c38-24-34(17-9-10-18-34)37-30(39)19-27-15-7-8-16-29(36-33(42)45-21-26-13-5-2-6-14-26)32(41)44-23-28(35-31(27)40)22-43-20-25-11-3-1-4-12-25/h1-8,11-14,27-29,38H,9-10,15-24H2,(H,35,40)(H,36,42)(H,37,39)/t27-,28+,29-/m1/s1. The van der Waals surface area contributed by atoms with E-state index in [0.717, 1.165) is 24.0 Å². The van der Waals surface area contributed by atoms with Gasteiger partial charge in [-0.3, -0.25) is 9.59 Å². The summed E-state index contributed by atoms with van der Waals surface area (Å²) < 4.78 is 16.7. The van der Waals surface area contributed by atoms with Crippen molar-refractivity contribution in [3.05, 3.63) is 83.9 Å². The molecule has 11 heteroatoms. The van der Waals surface area contributed by atoms with Crippen LogP contribution in [0.3, 0.4) is 0 Å². The van der Waals surface area contributed by atoms with Crippen LogP contribution in [-0.4, -0.2) is 66.4 Å². The van der Waals surface area contributed by atoms with Gasteiger partial charge in [-0.2, -0.15) is 0 Å². The first-order valence-corrected chi connectivity index (χ1v) is 15.5. The van der Waals surface area contributed by atoms with E-state index in [1.807, 2.05) is 60.7 Å². The molecule has 1 heterocycles. The molecular formula is C34H43N3O8. The molecule has 0 saturated heterocycles. The highest BCUT2D eigenvalue weighted by Gasteiger charge is 2.36. The number of hydrogen-bond donors (Lipinski definition) is 4. The lowest BCUT2D eigenvalue weighted by atomic mass is 9.95. The monoisotopic (exact) mass is 621 g/mol. The quantitative estimate of drug-likeness (QED) is 0.220. The summed E-state index contributed by atoms with van der Waals surface area (Å²) in [5.41, 5.74) is 1.10. The van der Waals surface area contributed by atoms with Crippen LogP contribution in [0.15, 0.2) is 72.8 Å². The smallest absolute Gasteiger partial charge is 0.408 e. The van der Waals surface area contributed by atoms with Crippen LogP contribution in [0.2, 0.25) is 0 Å². The number of rotatable bonds is 11. The lowest BCUT2D eigenvalue weighted by Crippen LogP contribution is -2.51. The number of benzene rings is 2. The number of carbonyl (C=O) groups is 4. The normalized spacial score (nSPS) is 21.8. The minimum atomic E-state index is -1.03. The van der Waals surface area contributed by atoms with Gasteiger partial charge in [0, 0.05) is 6.42 Å². The predicted molar refractivity (Wildman–Crippen MR) is 165 cm³/mol. The van der Waals surface area contributed by atoms with Gasteiger partial charge in [0.1, 0.15) is 19.3 Å². The number of esters is 1. The fraction of sp³-hybridized carbons (Fsp3) is 0.471. The molecule has 2 aromatic rings. The second-order valence-electron chi connectivity index (χ2n) is 11.6. The van der Waals surface area contributed by atoms with Crippen molar-refractivity contribution in [2.24, 2.45) is 5.92 Å². The molecule has 1 fully saturated rings. The van der Waals surface area contributed by atoms with Crippen molar-refractivity contribution < 1.29 is 38.5 Å². The van der Waals surface area contributed by atoms with Gasteiger partial charge in [0.25, 0.3) is 0 Å². The van der Waals surface area contributed by atoms with E-state index in [1.165, 1.54) is 0 Å². The third-order valence-electron chi connectivity index (χ3n) is 8.02. The third-order valence-corrected chi connectivity index (χ3v) is 8.02. The van der Waals surface area contributed by atoms with Crippen LogP contribution in [-0.2, 0) is 41.8 Å². The molecule has 11 nitrogen and oxygen atoms in total. The van der Waals surface area contributed by atoms with E-state index in [9.17, 15) is 24.3 Å². The SMILES string of the molecule is O=C(C[C@H]1CC=CC[C@@H](NC(=O)OCc2ccccc2)C(=O)OC[C@H](COCc2ccccc2)NC1=O)NC1(CO)CCCC1. The van der Waals surface area contributed by atoms with Gasteiger partial charge in [-0.1, -0.05) is 85.7 Å². The van der Waals surface area contributed by atoms with Crippen LogP contribution >= 0.6 is 0 Å². The first kappa shape index (κ1) is 33.7. The molecule has 0 spiro atoms. The van der Waals surface area contributed by atoms with Crippen molar-refractivity contribution in [3.8, 4) is 0 Å². The molecule has 4 N–H and O–H groups in total. The maximum atomic E-state index is 13.4. The first-order chi connectivity index (χ1) is 21.9. The molecule has 1 aliphatic carbocycles. The van der Waals surface area contributed by atoms with Gasteiger partial charge in [0.05, 0.1) is 37.3 Å². The Morgan fingerprint density at radius 3 is 2.24 bits per heavy atom.